The molecule has 7 heteroatoms. The number of carbonyl (C=O) groups excluding carboxylic acids is 1. The molecule has 134 valence electrons. The molecule has 0 atom stereocenters. The van der Waals surface area contributed by atoms with Crippen LogP contribution in [0.15, 0.2) is 47.6 Å². The molecule has 3 aromatic rings. The summed E-state index contributed by atoms with van der Waals surface area (Å²) in [6.07, 6.45) is 1.50. The smallest absolute Gasteiger partial charge is 0.287 e. The molecule has 7 nitrogen and oxygen atoms in total. The minimum atomic E-state index is -0.349. The van der Waals surface area contributed by atoms with Gasteiger partial charge in [-0.1, -0.05) is 6.07 Å². The zero-order valence-electron chi connectivity index (χ0n) is 14.7. The van der Waals surface area contributed by atoms with E-state index in [0.717, 1.165) is 16.7 Å². The summed E-state index contributed by atoms with van der Waals surface area (Å²) in [5.41, 5.74) is 4.40. The second kappa shape index (κ2) is 7.60. The average Bonchev–Trinajstić information content (AvgIpc) is 3.10. The molecule has 0 fully saturated rings. The summed E-state index contributed by atoms with van der Waals surface area (Å²) in [6, 6.07) is 12.7. The van der Waals surface area contributed by atoms with Gasteiger partial charge in [0.15, 0.2) is 11.5 Å². The highest BCUT2D eigenvalue weighted by atomic mass is 16.5. The third kappa shape index (κ3) is 3.46. The Kier molecular flexibility index (Phi) is 5.07. The van der Waals surface area contributed by atoms with Crippen LogP contribution in [0.1, 0.15) is 16.1 Å². The van der Waals surface area contributed by atoms with E-state index in [0.29, 0.717) is 22.8 Å². The number of hydrazone groups is 1. The molecule has 1 heterocycles. The van der Waals surface area contributed by atoms with E-state index in [1.165, 1.54) is 6.21 Å². The second-order valence-electron chi connectivity index (χ2n) is 5.42. The molecule has 0 spiro atoms. The molecule has 26 heavy (non-hydrogen) atoms. The molecular weight excluding hydrogens is 334 g/mol. The maximum atomic E-state index is 12.3. The van der Waals surface area contributed by atoms with E-state index in [9.17, 15) is 4.79 Å². The zero-order chi connectivity index (χ0) is 18.5. The highest BCUT2D eigenvalue weighted by molar-refractivity contribution is 5.98. The summed E-state index contributed by atoms with van der Waals surface area (Å²) >= 11 is 0. The molecular formula is C19H19N3O4. The van der Waals surface area contributed by atoms with Gasteiger partial charge in [-0.05, 0) is 30.3 Å². The first kappa shape index (κ1) is 17.3. The maximum Gasteiger partial charge on any atom is 0.287 e. The number of H-pyrrole nitrogens is 1. The first-order valence-corrected chi connectivity index (χ1v) is 7.87. The van der Waals surface area contributed by atoms with Crippen molar-refractivity contribution < 1.29 is 19.0 Å². The lowest BCUT2D eigenvalue weighted by Crippen LogP contribution is -2.17. The van der Waals surface area contributed by atoms with Crippen molar-refractivity contribution in [1.29, 1.82) is 0 Å². The first-order chi connectivity index (χ1) is 12.7. The van der Waals surface area contributed by atoms with Crippen molar-refractivity contribution in [1.82, 2.24) is 10.4 Å². The number of aromatic amines is 1. The molecule has 0 aliphatic heterocycles. The Bertz CT molecular complexity index is 963. The van der Waals surface area contributed by atoms with Crippen LogP contribution >= 0.6 is 0 Å². The summed E-state index contributed by atoms with van der Waals surface area (Å²) in [6.45, 7) is 0. The van der Waals surface area contributed by atoms with Crippen molar-refractivity contribution in [3.8, 4) is 17.2 Å². The molecule has 0 saturated carbocycles. The molecule has 2 N–H and O–H groups in total. The standard InChI is InChI=1S/C19H19N3O4/c1-24-14-8-7-12-9-16(21-15(12)10-14)19(23)22-20-11-13-5-4-6-17(25-2)18(13)26-3/h4-11,21H,1-3H3,(H,22,23). The fourth-order valence-electron chi connectivity index (χ4n) is 2.59. The highest BCUT2D eigenvalue weighted by Gasteiger charge is 2.10. The molecule has 0 aliphatic rings. The van der Waals surface area contributed by atoms with Crippen LogP contribution in [0.5, 0.6) is 17.2 Å². The molecule has 1 amide bonds. The monoisotopic (exact) mass is 353 g/mol. The predicted octanol–water partition coefficient (Wildman–Crippen LogP) is 2.96. The van der Waals surface area contributed by atoms with Gasteiger partial charge in [0, 0.05) is 22.5 Å². The summed E-state index contributed by atoms with van der Waals surface area (Å²) in [5.74, 6) is 1.51. The maximum absolute atomic E-state index is 12.3. The Morgan fingerprint density at radius 3 is 2.65 bits per heavy atom. The number of aromatic nitrogens is 1. The Morgan fingerprint density at radius 2 is 1.92 bits per heavy atom. The van der Waals surface area contributed by atoms with Gasteiger partial charge in [-0.25, -0.2) is 5.43 Å². The second-order valence-corrected chi connectivity index (χ2v) is 5.42. The minimum absolute atomic E-state index is 0.349. The lowest BCUT2D eigenvalue weighted by Gasteiger charge is -2.09. The molecule has 0 radical (unpaired) electrons. The average molecular weight is 353 g/mol. The van der Waals surface area contributed by atoms with Crippen LogP contribution in [0.3, 0.4) is 0 Å². The number of para-hydroxylation sites is 1. The SMILES string of the molecule is COc1ccc2cc(C(=O)NN=Cc3cccc(OC)c3OC)[nH]c2c1. The van der Waals surface area contributed by atoms with Crippen molar-refractivity contribution in [3.05, 3.63) is 53.7 Å². The van der Waals surface area contributed by atoms with E-state index < -0.39 is 0 Å². The molecule has 0 unspecified atom stereocenters. The first-order valence-electron chi connectivity index (χ1n) is 7.87. The van der Waals surface area contributed by atoms with Gasteiger partial charge in [0.05, 0.1) is 27.5 Å². The Hall–Kier alpha value is -3.48. The van der Waals surface area contributed by atoms with Crippen molar-refractivity contribution in [3.63, 3.8) is 0 Å². The van der Waals surface area contributed by atoms with Gasteiger partial charge in [-0.15, -0.1) is 0 Å². The number of amides is 1. The summed E-state index contributed by atoms with van der Waals surface area (Å²) in [5, 5.41) is 4.91. The van der Waals surface area contributed by atoms with Gasteiger partial charge in [0.1, 0.15) is 11.4 Å². The van der Waals surface area contributed by atoms with Crippen molar-refractivity contribution in [2.24, 2.45) is 5.10 Å². The fraction of sp³-hybridized carbons (Fsp3) is 0.158. The van der Waals surface area contributed by atoms with E-state index in [2.05, 4.69) is 15.5 Å². The number of carbonyl (C=O) groups is 1. The van der Waals surface area contributed by atoms with Gasteiger partial charge >= 0.3 is 0 Å². The minimum Gasteiger partial charge on any atom is -0.497 e. The Balaban J connectivity index is 1.76. The lowest BCUT2D eigenvalue weighted by atomic mass is 10.2. The lowest BCUT2D eigenvalue weighted by molar-refractivity contribution is 0.0951. The van der Waals surface area contributed by atoms with Crippen LogP contribution in [0.2, 0.25) is 0 Å². The number of hydrogen-bond acceptors (Lipinski definition) is 5. The van der Waals surface area contributed by atoms with Crippen LogP contribution < -0.4 is 19.6 Å². The molecule has 3 rings (SSSR count). The van der Waals surface area contributed by atoms with Crippen LogP contribution in [-0.2, 0) is 0 Å². The Morgan fingerprint density at radius 1 is 1.08 bits per heavy atom. The normalized spacial score (nSPS) is 10.9. The third-order valence-electron chi connectivity index (χ3n) is 3.88. The largest absolute Gasteiger partial charge is 0.497 e. The van der Waals surface area contributed by atoms with E-state index in [4.69, 9.17) is 14.2 Å². The summed E-state index contributed by atoms with van der Waals surface area (Å²) in [7, 11) is 4.71. The van der Waals surface area contributed by atoms with Crippen molar-refractivity contribution in [2.45, 2.75) is 0 Å². The number of rotatable bonds is 6. The van der Waals surface area contributed by atoms with E-state index in [1.807, 2.05) is 30.3 Å². The van der Waals surface area contributed by atoms with Gasteiger partial charge in [0.25, 0.3) is 5.91 Å². The summed E-state index contributed by atoms with van der Waals surface area (Å²) < 4.78 is 15.7. The number of nitrogens with zero attached hydrogens (tertiary/aromatic N) is 1. The van der Waals surface area contributed by atoms with E-state index in [1.54, 1.807) is 33.5 Å². The Labute approximate surface area is 150 Å². The molecule has 0 bridgehead atoms. The number of benzene rings is 2. The topological polar surface area (TPSA) is 84.9 Å². The van der Waals surface area contributed by atoms with E-state index >= 15 is 0 Å². The van der Waals surface area contributed by atoms with E-state index in [-0.39, 0.29) is 5.91 Å². The van der Waals surface area contributed by atoms with Crippen LogP contribution in [0.25, 0.3) is 10.9 Å². The van der Waals surface area contributed by atoms with Gasteiger partial charge in [-0.2, -0.15) is 5.10 Å². The molecule has 1 aromatic heterocycles. The molecule has 0 saturated heterocycles. The number of ether oxygens (including phenoxy) is 3. The third-order valence-corrected chi connectivity index (χ3v) is 3.88. The van der Waals surface area contributed by atoms with Gasteiger partial charge < -0.3 is 19.2 Å². The number of hydrogen-bond donors (Lipinski definition) is 2. The predicted molar refractivity (Wildman–Crippen MR) is 99.5 cm³/mol. The van der Waals surface area contributed by atoms with Crippen LogP contribution in [0, 0.1) is 0 Å². The molecule has 2 aromatic carbocycles. The molecule has 0 aliphatic carbocycles. The van der Waals surface area contributed by atoms with Gasteiger partial charge in [-0.3, -0.25) is 4.79 Å². The van der Waals surface area contributed by atoms with Crippen LogP contribution in [0.4, 0.5) is 0 Å². The van der Waals surface area contributed by atoms with Gasteiger partial charge in [0.2, 0.25) is 0 Å². The highest BCUT2D eigenvalue weighted by Crippen LogP contribution is 2.29. The fourth-order valence-corrected chi connectivity index (χ4v) is 2.59. The number of nitrogens with one attached hydrogen (secondary N) is 2. The quantitative estimate of drug-likeness (QED) is 0.527. The zero-order valence-corrected chi connectivity index (χ0v) is 14.7. The number of fused-ring (bicyclic) bond motifs is 1. The number of methoxy groups -OCH3 is 3. The van der Waals surface area contributed by atoms with Crippen molar-refractivity contribution in [2.75, 3.05) is 21.3 Å². The van der Waals surface area contributed by atoms with Crippen molar-refractivity contribution >= 4 is 23.0 Å². The summed E-state index contributed by atoms with van der Waals surface area (Å²) in [4.78, 5) is 15.3. The van der Waals surface area contributed by atoms with Crippen LogP contribution in [-0.4, -0.2) is 38.4 Å².